The lowest BCUT2D eigenvalue weighted by atomic mass is 10.2. The van der Waals surface area contributed by atoms with Crippen molar-refractivity contribution < 1.29 is 29.0 Å². The van der Waals surface area contributed by atoms with Crippen molar-refractivity contribution in [1.82, 2.24) is 10.2 Å². The van der Waals surface area contributed by atoms with E-state index in [1.165, 1.54) is 18.4 Å². The van der Waals surface area contributed by atoms with Crippen LogP contribution in [0, 0.1) is 0 Å². The molecule has 1 rings (SSSR count). The lowest BCUT2D eigenvalue weighted by Gasteiger charge is -2.22. The predicted molar refractivity (Wildman–Crippen MR) is 71.7 cm³/mol. The van der Waals surface area contributed by atoms with Crippen LogP contribution < -0.4 is 5.32 Å². The number of rotatable bonds is 6. The highest BCUT2D eigenvalue weighted by molar-refractivity contribution is 7.61. The third-order valence-corrected chi connectivity index (χ3v) is 3.22. The summed E-state index contributed by atoms with van der Waals surface area (Å²) in [6.45, 7) is 0. The third kappa shape index (κ3) is 6.23. The molecule has 0 aromatic rings. The molecule has 112 valence electrons. The predicted octanol–water partition coefficient (Wildman–Crippen LogP) is -0.537. The van der Waals surface area contributed by atoms with E-state index in [2.05, 4.69) is 0 Å². The number of hydrogen-bond acceptors (Lipinski definition) is 7. The number of nitrogens with zero attached hydrogens (tertiary/aromatic N) is 1. The van der Waals surface area contributed by atoms with E-state index in [1.54, 1.807) is 11.9 Å². The summed E-state index contributed by atoms with van der Waals surface area (Å²) in [6, 6.07) is 0. The molecule has 0 aliphatic carbocycles. The molecule has 0 saturated carbocycles. The standard InChI is InChI=1S/C11H17N2O6P/c1-13(6-4-10(15)12-8-14)11-3-2-9(19-11)5-7-20(16,17)18/h4-9,11,16-18H,2-3H2,1H3/p+1/b6-4-,7-5+. The van der Waals surface area contributed by atoms with Crippen LogP contribution >= 0.6 is 7.94 Å². The smallest absolute Gasteiger partial charge is 0.355 e. The maximum absolute atomic E-state index is 11.1. The van der Waals surface area contributed by atoms with Crippen LogP contribution in [0.4, 0.5) is 0 Å². The van der Waals surface area contributed by atoms with Crippen LogP contribution in [0.5, 0.6) is 0 Å². The van der Waals surface area contributed by atoms with Gasteiger partial charge in [-0.05, 0) is 18.9 Å². The second-order valence-corrected chi connectivity index (χ2v) is 5.80. The van der Waals surface area contributed by atoms with Gasteiger partial charge in [-0.15, -0.1) is 0 Å². The van der Waals surface area contributed by atoms with E-state index in [0.29, 0.717) is 19.3 Å². The molecule has 1 aliphatic heterocycles. The second kappa shape index (κ2) is 7.47. The van der Waals surface area contributed by atoms with E-state index >= 15 is 0 Å². The van der Waals surface area contributed by atoms with Gasteiger partial charge in [-0.25, -0.2) is 0 Å². The largest absolute Gasteiger partial charge is 0.433 e. The molecule has 20 heavy (non-hydrogen) atoms. The number of carbonyl (C=O) groups excluding carboxylic acids is 2. The molecule has 1 heterocycles. The number of nitrogens with one attached hydrogen (secondary N) is 1. The average Bonchev–Trinajstić information content (AvgIpc) is 2.82. The quantitative estimate of drug-likeness (QED) is 0.296. The summed E-state index contributed by atoms with van der Waals surface area (Å²) in [5.74, 6) is 0.407. The average molecular weight is 305 g/mol. The van der Waals surface area contributed by atoms with Crippen molar-refractivity contribution in [2.75, 3.05) is 7.05 Å². The van der Waals surface area contributed by atoms with Crippen molar-refractivity contribution in [2.24, 2.45) is 0 Å². The first kappa shape index (κ1) is 16.7. The summed E-state index contributed by atoms with van der Waals surface area (Å²) in [7, 11) is -2.21. The van der Waals surface area contributed by atoms with Gasteiger partial charge >= 0.3 is 7.94 Å². The normalized spacial score (nSPS) is 23.4. The SMILES string of the molecule is CN(/C=C\C(=O)NC=O)C1CCC(/C=C/[P+](O)(O)O)O1. The molecule has 1 saturated heterocycles. The van der Waals surface area contributed by atoms with Gasteiger partial charge in [0.1, 0.15) is 12.0 Å². The molecule has 4 N–H and O–H groups in total. The van der Waals surface area contributed by atoms with Gasteiger partial charge in [0.05, 0.1) is 6.10 Å². The van der Waals surface area contributed by atoms with E-state index < -0.39 is 13.9 Å². The van der Waals surface area contributed by atoms with Gasteiger partial charge in [0, 0.05) is 19.3 Å². The fraction of sp³-hybridized carbons (Fsp3) is 0.455. The van der Waals surface area contributed by atoms with Crippen LogP contribution in [-0.2, 0) is 14.3 Å². The van der Waals surface area contributed by atoms with Crippen molar-refractivity contribution in [1.29, 1.82) is 0 Å². The minimum absolute atomic E-state index is 0.270. The first-order valence-electron chi connectivity index (χ1n) is 5.88. The Morgan fingerprint density at radius 2 is 2.10 bits per heavy atom. The van der Waals surface area contributed by atoms with Crippen LogP contribution in [0.1, 0.15) is 12.8 Å². The zero-order valence-corrected chi connectivity index (χ0v) is 11.8. The first-order valence-corrected chi connectivity index (χ1v) is 7.59. The number of hydrogen-bond donors (Lipinski definition) is 4. The van der Waals surface area contributed by atoms with E-state index in [1.807, 2.05) is 5.32 Å². The molecule has 1 fully saturated rings. The lowest BCUT2D eigenvalue weighted by Crippen LogP contribution is -2.28. The van der Waals surface area contributed by atoms with Crippen molar-refractivity contribution in [3.63, 3.8) is 0 Å². The minimum Gasteiger partial charge on any atom is -0.355 e. The molecular formula is C11H18N2O6P+. The van der Waals surface area contributed by atoms with E-state index in [9.17, 15) is 9.59 Å². The molecule has 9 heteroatoms. The van der Waals surface area contributed by atoms with Crippen LogP contribution in [0.3, 0.4) is 0 Å². The van der Waals surface area contributed by atoms with Crippen LogP contribution in [-0.4, -0.2) is 51.3 Å². The summed E-state index contributed by atoms with van der Waals surface area (Å²) in [4.78, 5) is 49.3. The maximum atomic E-state index is 11.1. The van der Waals surface area contributed by atoms with Gasteiger partial charge in [-0.2, -0.15) is 14.7 Å². The minimum atomic E-state index is -3.92. The Labute approximate surface area is 116 Å². The number of carbonyl (C=O) groups is 2. The van der Waals surface area contributed by atoms with Gasteiger partial charge in [0.15, 0.2) is 0 Å². The lowest BCUT2D eigenvalue weighted by molar-refractivity contribution is -0.121. The number of ether oxygens (including phenoxy) is 1. The fourth-order valence-electron chi connectivity index (χ4n) is 1.68. The molecule has 0 aromatic carbocycles. The molecular weight excluding hydrogens is 287 g/mol. The Morgan fingerprint density at radius 3 is 2.70 bits per heavy atom. The van der Waals surface area contributed by atoms with E-state index in [-0.39, 0.29) is 12.3 Å². The van der Waals surface area contributed by atoms with Gasteiger partial charge < -0.3 is 9.64 Å². The van der Waals surface area contributed by atoms with E-state index in [0.717, 1.165) is 5.82 Å². The fourth-order valence-corrected chi connectivity index (χ4v) is 2.11. The molecule has 1 aliphatic rings. The number of imide groups is 1. The molecule has 0 bridgehead atoms. The van der Waals surface area contributed by atoms with Crippen molar-refractivity contribution in [3.05, 3.63) is 24.2 Å². The van der Waals surface area contributed by atoms with Gasteiger partial charge in [-0.1, -0.05) is 0 Å². The Balaban J connectivity index is 2.45. The highest BCUT2D eigenvalue weighted by Crippen LogP contribution is 2.46. The molecule has 2 amide bonds. The number of amides is 2. The Hall–Kier alpha value is -1.31. The van der Waals surface area contributed by atoms with Crippen LogP contribution in [0.25, 0.3) is 0 Å². The first-order chi connectivity index (χ1) is 9.31. The Morgan fingerprint density at radius 1 is 1.40 bits per heavy atom. The molecule has 2 unspecified atom stereocenters. The summed E-state index contributed by atoms with van der Waals surface area (Å²) in [5, 5.41) is 1.97. The summed E-state index contributed by atoms with van der Waals surface area (Å²) >= 11 is 0. The maximum Gasteiger partial charge on any atom is 0.433 e. The van der Waals surface area contributed by atoms with Gasteiger partial charge in [0.25, 0.3) is 5.91 Å². The van der Waals surface area contributed by atoms with Crippen molar-refractivity contribution in [3.8, 4) is 0 Å². The second-order valence-electron chi connectivity index (χ2n) is 4.27. The molecule has 0 radical (unpaired) electrons. The third-order valence-electron chi connectivity index (χ3n) is 2.65. The summed E-state index contributed by atoms with van der Waals surface area (Å²) in [5.41, 5.74) is 0. The summed E-state index contributed by atoms with van der Waals surface area (Å²) in [6.07, 6.45) is 5.12. The summed E-state index contributed by atoms with van der Waals surface area (Å²) < 4.78 is 5.58. The molecule has 0 aromatic heterocycles. The van der Waals surface area contributed by atoms with Gasteiger partial charge in [0.2, 0.25) is 6.41 Å². The van der Waals surface area contributed by atoms with Crippen LogP contribution in [0.15, 0.2) is 24.2 Å². The van der Waals surface area contributed by atoms with Gasteiger partial charge in [-0.3, -0.25) is 14.9 Å². The zero-order chi connectivity index (χ0) is 15.2. The Bertz CT molecular complexity index is 406. The van der Waals surface area contributed by atoms with Crippen LogP contribution in [0.2, 0.25) is 0 Å². The Kier molecular flexibility index (Phi) is 6.25. The highest BCUT2D eigenvalue weighted by Gasteiger charge is 2.29. The zero-order valence-electron chi connectivity index (χ0n) is 10.9. The highest BCUT2D eigenvalue weighted by atomic mass is 31.2. The topological polar surface area (TPSA) is 119 Å². The van der Waals surface area contributed by atoms with E-state index in [4.69, 9.17) is 19.4 Å². The van der Waals surface area contributed by atoms with Crippen molar-refractivity contribution in [2.45, 2.75) is 25.2 Å². The molecule has 0 spiro atoms. The molecule has 2 atom stereocenters. The molecule has 8 nitrogen and oxygen atoms in total. The van der Waals surface area contributed by atoms with Crippen molar-refractivity contribution >= 4 is 20.3 Å². The monoisotopic (exact) mass is 305 g/mol.